The number of nitrogens with one attached hydrogen (secondary N) is 5. The summed E-state index contributed by atoms with van der Waals surface area (Å²) >= 11 is 0. The summed E-state index contributed by atoms with van der Waals surface area (Å²) in [5.41, 5.74) is 0.507. The molecule has 0 heterocycles. The van der Waals surface area contributed by atoms with Gasteiger partial charge in [0, 0.05) is 25.1 Å². The third-order valence-electron chi connectivity index (χ3n) is 3.97. The number of hydrogen-bond donors (Lipinski definition) is 5. The van der Waals surface area contributed by atoms with Gasteiger partial charge in [-0.05, 0) is 30.7 Å². The fourth-order valence-electron chi connectivity index (χ4n) is 2.21. The Balaban J connectivity index is 2.09. The van der Waals surface area contributed by atoms with Crippen molar-refractivity contribution in [2.75, 3.05) is 39.8 Å². The average Bonchev–Trinajstić information content (AvgIpc) is 2.79. The van der Waals surface area contributed by atoms with Gasteiger partial charge in [0.05, 0.1) is 26.7 Å². The van der Waals surface area contributed by atoms with Crippen molar-refractivity contribution in [3.8, 4) is 5.75 Å². The maximum Gasteiger partial charge on any atom is 0.251 e. The minimum atomic E-state index is -0.530. The second kappa shape index (κ2) is 14.4. The van der Waals surface area contributed by atoms with Crippen LogP contribution in [0, 0.1) is 0 Å². The van der Waals surface area contributed by atoms with E-state index in [1.165, 1.54) is 0 Å². The Bertz CT molecular complexity index is 766. The van der Waals surface area contributed by atoms with Crippen molar-refractivity contribution in [3.05, 3.63) is 29.8 Å². The Morgan fingerprint density at radius 2 is 1.19 bits per heavy atom. The Kier molecular flexibility index (Phi) is 11.8. The second-order valence-corrected chi connectivity index (χ2v) is 6.37. The van der Waals surface area contributed by atoms with Crippen molar-refractivity contribution in [1.82, 2.24) is 26.6 Å². The van der Waals surface area contributed by atoms with Crippen molar-refractivity contribution in [3.63, 3.8) is 0 Å². The number of benzene rings is 1. The Morgan fingerprint density at radius 3 is 1.71 bits per heavy atom. The van der Waals surface area contributed by atoms with E-state index in [0.717, 1.165) is 0 Å². The van der Waals surface area contributed by atoms with Crippen LogP contribution in [0.2, 0.25) is 0 Å². The highest BCUT2D eigenvalue weighted by Gasteiger charge is 2.09. The Hall–Kier alpha value is -3.63. The smallest absolute Gasteiger partial charge is 0.251 e. The lowest BCUT2D eigenvalue weighted by atomic mass is 10.2. The quantitative estimate of drug-likeness (QED) is 0.242. The van der Waals surface area contributed by atoms with E-state index in [2.05, 4.69) is 26.6 Å². The lowest BCUT2D eigenvalue weighted by molar-refractivity contribution is -0.128. The molecule has 0 bridgehead atoms. The Morgan fingerprint density at radius 1 is 0.710 bits per heavy atom. The number of methoxy groups -OCH3 is 1. The van der Waals surface area contributed by atoms with Gasteiger partial charge in [0.1, 0.15) is 5.75 Å². The molecule has 0 atom stereocenters. The van der Waals surface area contributed by atoms with Crippen LogP contribution >= 0.6 is 0 Å². The van der Waals surface area contributed by atoms with Crippen molar-refractivity contribution in [1.29, 1.82) is 0 Å². The molecule has 0 aliphatic rings. The predicted molar refractivity (Wildman–Crippen MR) is 112 cm³/mol. The van der Waals surface area contributed by atoms with Crippen LogP contribution in [0.5, 0.6) is 5.75 Å². The highest BCUT2D eigenvalue weighted by atomic mass is 16.5. The standard InChI is InChI=1S/C20H29N5O6/c1-3-16(26)23-12-18(28)25-13-19(29)24-11-17(27)21-9-4-10-22-20(30)14-5-7-15(31-2)8-6-14/h5-8H,3-4,9-13H2,1-2H3,(H,21,27)(H,22,30)(H,23,26)(H,24,29)(H,25,28). The molecule has 1 rings (SSSR count). The van der Waals surface area contributed by atoms with Gasteiger partial charge in [-0.25, -0.2) is 0 Å². The van der Waals surface area contributed by atoms with E-state index >= 15 is 0 Å². The summed E-state index contributed by atoms with van der Waals surface area (Å²) in [6.07, 6.45) is 0.777. The monoisotopic (exact) mass is 435 g/mol. The summed E-state index contributed by atoms with van der Waals surface area (Å²) in [6.45, 7) is 1.61. The lowest BCUT2D eigenvalue weighted by Gasteiger charge is -2.09. The van der Waals surface area contributed by atoms with Crippen molar-refractivity contribution >= 4 is 29.5 Å². The summed E-state index contributed by atoms with van der Waals surface area (Å²) < 4.78 is 5.03. The van der Waals surface area contributed by atoms with E-state index < -0.39 is 17.7 Å². The first kappa shape index (κ1) is 25.4. The van der Waals surface area contributed by atoms with E-state index in [1.807, 2.05) is 0 Å². The lowest BCUT2D eigenvalue weighted by Crippen LogP contribution is -2.44. The molecule has 1 aromatic rings. The number of ether oxygens (including phenoxy) is 1. The highest BCUT2D eigenvalue weighted by Crippen LogP contribution is 2.10. The molecule has 0 unspecified atom stereocenters. The zero-order valence-corrected chi connectivity index (χ0v) is 17.7. The second-order valence-electron chi connectivity index (χ2n) is 6.37. The predicted octanol–water partition coefficient (Wildman–Crippen LogP) is -1.31. The van der Waals surface area contributed by atoms with E-state index in [4.69, 9.17) is 4.74 Å². The van der Waals surface area contributed by atoms with Crippen molar-refractivity contribution in [2.45, 2.75) is 19.8 Å². The summed E-state index contributed by atoms with van der Waals surface area (Å²) in [4.78, 5) is 57.8. The van der Waals surface area contributed by atoms with Gasteiger partial charge in [-0.15, -0.1) is 0 Å². The van der Waals surface area contributed by atoms with E-state index in [1.54, 1.807) is 38.3 Å². The SMILES string of the molecule is CCC(=O)NCC(=O)NCC(=O)NCC(=O)NCCCNC(=O)c1ccc(OC)cc1. The van der Waals surface area contributed by atoms with Crippen LogP contribution in [0.3, 0.4) is 0 Å². The first-order valence-corrected chi connectivity index (χ1v) is 9.84. The van der Waals surface area contributed by atoms with Gasteiger partial charge in [-0.3, -0.25) is 24.0 Å². The molecule has 0 spiro atoms. The number of rotatable bonds is 13. The first-order chi connectivity index (χ1) is 14.8. The molecule has 0 aliphatic heterocycles. The van der Waals surface area contributed by atoms with Crippen LogP contribution in [-0.2, 0) is 19.2 Å². The molecule has 0 saturated carbocycles. The molecular weight excluding hydrogens is 406 g/mol. The number of carbonyl (C=O) groups excluding carboxylic acids is 5. The average molecular weight is 435 g/mol. The summed E-state index contributed by atoms with van der Waals surface area (Å²) in [5.74, 6) is -1.25. The van der Waals surface area contributed by atoms with Crippen LogP contribution < -0.4 is 31.3 Å². The molecular formula is C20H29N5O6. The van der Waals surface area contributed by atoms with Crippen LogP contribution in [-0.4, -0.2) is 69.4 Å². The number of carbonyl (C=O) groups is 5. The topological polar surface area (TPSA) is 155 Å². The van der Waals surface area contributed by atoms with E-state index in [9.17, 15) is 24.0 Å². The zero-order chi connectivity index (χ0) is 23.1. The molecule has 5 amide bonds. The maximum atomic E-state index is 12.0. The molecule has 170 valence electrons. The molecule has 11 heteroatoms. The van der Waals surface area contributed by atoms with Gasteiger partial charge in [0.25, 0.3) is 5.91 Å². The molecule has 11 nitrogen and oxygen atoms in total. The summed E-state index contributed by atoms with van der Waals surface area (Å²) in [5, 5.41) is 12.4. The first-order valence-electron chi connectivity index (χ1n) is 9.84. The van der Waals surface area contributed by atoms with Crippen molar-refractivity contribution in [2.24, 2.45) is 0 Å². The van der Waals surface area contributed by atoms with Gasteiger partial charge < -0.3 is 31.3 Å². The normalized spacial score (nSPS) is 9.87. The molecule has 0 aromatic heterocycles. The molecule has 1 aromatic carbocycles. The van der Waals surface area contributed by atoms with Crippen LogP contribution in [0.15, 0.2) is 24.3 Å². The number of amides is 5. The highest BCUT2D eigenvalue weighted by molar-refractivity contribution is 5.94. The summed E-state index contributed by atoms with van der Waals surface area (Å²) in [7, 11) is 1.55. The minimum absolute atomic E-state index is 0.213. The fourth-order valence-corrected chi connectivity index (χ4v) is 2.21. The van der Waals surface area contributed by atoms with E-state index in [-0.39, 0.29) is 37.9 Å². The van der Waals surface area contributed by atoms with E-state index in [0.29, 0.717) is 30.8 Å². The van der Waals surface area contributed by atoms with Crippen molar-refractivity contribution < 1.29 is 28.7 Å². The molecule has 31 heavy (non-hydrogen) atoms. The van der Waals surface area contributed by atoms with Gasteiger partial charge in [-0.1, -0.05) is 6.92 Å². The van der Waals surface area contributed by atoms with Gasteiger partial charge in [0.2, 0.25) is 23.6 Å². The molecule has 0 saturated heterocycles. The molecule has 5 N–H and O–H groups in total. The number of hydrogen-bond acceptors (Lipinski definition) is 6. The third kappa shape index (κ3) is 11.2. The van der Waals surface area contributed by atoms with Gasteiger partial charge in [-0.2, -0.15) is 0 Å². The fraction of sp³-hybridized carbons (Fsp3) is 0.450. The maximum absolute atomic E-state index is 12.0. The van der Waals surface area contributed by atoms with Crippen LogP contribution in [0.4, 0.5) is 0 Å². The molecule has 0 fully saturated rings. The largest absolute Gasteiger partial charge is 0.497 e. The zero-order valence-electron chi connectivity index (χ0n) is 17.7. The van der Waals surface area contributed by atoms with Gasteiger partial charge in [0.15, 0.2) is 0 Å². The van der Waals surface area contributed by atoms with Gasteiger partial charge >= 0.3 is 0 Å². The summed E-state index contributed by atoms with van der Waals surface area (Å²) in [6, 6.07) is 6.70. The minimum Gasteiger partial charge on any atom is -0.497 e. The third-order valence-corrected chi connectivity index (χ3v) is 3.97. The van der Waals surface area contributed by atoms with Crippen LogP contribution in [0.25, 0.3) is 0 Å². The molecule has 0 radical (unpaired) electrons. The van der Waals surface area contributed by atoms with Crippen LogP contribution in [0.1, 0.15) is 30.1 Å². The Labute approximate surface area is 180 Å². The molecule has 0 aliphatic carbocycles.